The van der Waals surface area contributed by atoms with Crippen LogP contribution in [0.5, 0.6) is 0 Å². The van der Waals surface area contributed by atoms with Crippen LogP contribution in [0.4, 0.5) is 15.8 Å². The molecule has 4 rings (SSSR count). The third-order valence-electron chi connectivity index (χ3n) is 5.45. The van der Waals surface area contributed by atoms with E-state index in [0.29, 0.717) is 11.3 Å². The molecule has 0 atom stereocenters. The molecule has 1 aliphatic heterocycles. The number of hydrogen-bond acceptors (Lipinski definition) is 3. The largest absolute Gasteiger partial charge is 0.356 e. The number of hydrogen-bond donors (Lipinski definition) is 3. The van der Waals surface area contributed by atoms with Crippen molar-refractivity contribution in [3.8, 4) is 0 Å². The first-order valence-corrected chi connectivity index (χ1v) is 12.0. The number of alkyl halides is 1. The second kappa shape index (κ2) is 10.1. The number of nitrogens with one attached hydrogen (secondary N) is 3. The highest BCUT2D eigenvalue weighted by Crippen LogP contribution is 2.21. The molecule has 3 N–H and O–H groups in total. The maximum Gasteiger partial charge on any atom is 0.258 e. The molecular weight excluding hydrogens is 534 g/mol. The van der Waals surface area contributed by atoms with Crippen LogP contribution < -0.4 is 10.6 Å². The number of anilines is 2. The van der Waals surface area contributed by atoms with Gasteiger partial charge < -0.3 is 15.5 Å². The smallest absolute Gasteiger partial charge is 0.258 e. The van der Waals surface area contributed by atoms with Gasteiger partial charge >= 0.3 is 0 Å². The molecule has 3 aromatic carbocycles. The van der Waals surface area contributed by atoms with E-state index in [-0.39, 0.29) is 28.6 Å². The summed E-state index contributed by atoms with van der Waals surface area (Å²) in [6.07, 6.45) is 1.02. The van der Waals surface area contributed by atoms with Gasteiger partial charge in [-0.15, -0.1) is 0 Å². The molecule has 1 aliphatic rings. The third kappa shape index (κ3) is 5.22. The predicted octanol–water partition coefficient (Wildman–Crippen LogP) is 5.30. The molecule has 0 aromatic heterocycles. The SMILES string of the molecule is N=C(c1ccc(C(=O)Nc2ccccc2C(=O)Nc2ccc(CI)cc2)c(F)c1)N1CCC1. The van der Waals surface area contributed by atoms with Crippen molar-refractivity contribution >= 4 is 51.6 Å². The number of likely N-dealkylation sites (tertiary alicyclic amines) is 1. The van der Waals surface area contributed by atoms with Crippen molar-refractivity contribution in [1.29, 1.82) is 5.41 Å². The molecule has 1 fully saturated rings. The molecule has 33 heavy (non-hydrogen) atoms. The maximum atomic E-state index is 14.7. The Kier molecular flexibility index (Phi) is 7.02. The molecule has 0 bridgehead atoms. The van der Waals surface area contributed by atoms with Gasteiger partial charge in [-0.2, -0.15) is 0 Å². The number of benzene rings is 3. The number of para-hydroxylation sites is 1. The van der Waals surface area contributed by atoms with Crippen molar-refractivity contribution in [2.75, 3.05) is 23.7 Å². The van der Waals surface area contributed by atoms with Gasteiger partial charge in [0.15, 0.2) is 0 Å². The second-order valence-electron chi connectivity index (χ2n) is 7.67. The number of carbonyl (C=O) groups excluding carboxylic acids is 2. The molecule has 1 heterocycles. The first-order chi connectivity index (χ1) is 16.0. The zero-order valence-electron chi connectivity index (χ0n) is 17.7. The fraction of sp³-hybridized carbons (Fsp3) is 0.160. The Morgan fingerprint density at radius 3 is 2.27 bits per heavy atom. The van der Waals surface area contributed by atoms with Crippen LogP contribution >= 0.6 is 22.6 Å². The van der Waals surface area contributed by atoms with Crippen molar-refractivity contribution in [3.05, 3.63) is 94.8 Å². The lowest BCUT2D eigenvalue weighted by Gasteiger charge is -2.33. The van der Waals surface area contributed by atoms with Gasteiger partial charge in [-0.1, -0.05) is 52.9 Å². The van der Waals surface area contributed by atoms with Crippen molar-refractivity contribution in [2.24, 2.45) is 0 Å². The number of halogens is 2. The topological polar surface area (TPSA) is 85.3 Å². The van der Waals surface area contributed by atoms with Crippen LogP contribution in [0.2, 0.25) is 0 Å². The number of rotatable bonds is 6. The van der Waals surface area contributed by atoms with E-state index in [0.717, 1.165) is 29.5 Å². The van der Waals surface area contributed by atoms with Crippen molar-refractivity contribution in [2.45, 2.75) is 10.8 Å². The standard InChI is InChI=1S/C25H22FIN4O2/c26-21-14-17(23(28)31-12-3-13-31)8-11-19(21)24(32)30-22-5-2-1-4-20(22)25(33)29-18-9-6-16(15-27)7-10-18/h1-2,4-11,14,28H,3,12-13,15H2,(H,29,33)(H,30,32). The van der Waals surface area contributed by atoms with Crippen molar-refractivity contribution in [1.82, 2.24) is 4.90 Å². The summed E-state index contributed by atoms with van der Waals surface area (Å²) < 4.78 is 15.6. The highest BCUT2D eigenvalue weighted by Gasteiger charge is 2.21. The molecular formula is C25H22FIN4O2. The van der Waals surface area contributed by atoms with Crippen LogP contribution in [0.3, 0.4) is 0 Å². The van der Waals surface area contributed by atoms with Crippen molar-refractivity contribution < 1.29 is 14.0 Å². The second-order valence-corrected chi connectivity index (χ2v) is 8.43. The summed E-state index contributed by atoms with van der Waals surface area (Å²) in [7, 11) is 0. The van der Waals surface area contributed by atoms with Gasteiger partial charge in [-0.25, -0.2) is 4.39 Å². The normalized spacial score (nSPS) is 12.6. The lowest BCUT2D eigenvalue weighted by Crippen LogP contribution is -2.42. The van der Waals surface area contributed by atoms with E-state index >= 15 is 0 Å². The lowest BCUT2D eigenvalue weighted by atomic mass is 10.1. The molecule has 1 saturated heterocycles. The highest BCUT2D eigenvalue weighted by atomic mass is 127. The monoisotopic (exact) mass is 556 g/mol. The van der Waals surface area contributed by atoms with Crippen LogP contribution in [0.15, 0.2) is 66.7 Å². The highest BCUT2D eigenvalue weighted by molar-refractivity contribution is 14.1. The maximum absolute atomic E-state index is 14.7. The van der Waals surface area contributed by atoms with Gasteiger partial charge in [0.2, 0.25) is 0 Å². The van der Waals surface area contributed by atoms with Gasteiger partial charge in [0, 0.05) is 28.8 Å². The molecule has 3 aromatic rings. The molecule has 0 aliphatic carbocycles. The minimum absolute atomic E-state index is 0.153. The average molecular weight is 556 g/mol. The van der Waals surface area contributed by atoms with Gasteiger partial charge in [0.1, 0.15) is 11.7 Å². The number of amides is 2. The number of nitrogens with zero attached hydrogens (tertiary/aromatic N) is 1. The van der Waals surface area contributed by atoms with E-state index in [1.807, 2.05) is 29.2 Å². The van der Waals surface area contributed by atoms with E-state index in [9.17, 15) is 14.0 Å². The van der Waals surface area contributed by atoms with Gasteiger partial charge in [-0.05, 0) is 48.4 Å². The Morgan fingerprint density at radius 1 is 0.939 bits per heavy atom. The van der Waals surface area contributed by atoms with Gasteiger partial charge in [-0.3, -0.25) is 15.0 Å². The van der Waals surface area contributed by atoms with E-state index in [4.69, 9.17) is 5.41 Å². The quantitative estimate of drug-likeness (QED) is 0.167. The summed E-state index contributed by atoms with van der Waals surface area (Å²) in [4.78, 5) is 27.4. The Morgan fingerprint density at radius 2 is 1.64 bits per heavy atom. The Hall–Kier alpha value is -3.27. The molecule has 168 valence electrons. The average Bonchev–Trinajstić information content (AvgIpc) is 2.78. The Labute approximate surface area is 204 Å². The van der Waals surface area contributed by atoms with Crippen LogP contribution in [-0.4, -0.2) is 35.6 Å². The molecule has 6 nitrogen and oxygen atoms in total. The van der Waals surface area contributed by atoms with Crippen LogP contribution in [-0.2, 0) is 4.43 Å². The zero-order valence-corrected chi connectivity index (χ0v) is 19.9. The fourth-order valence-electron chi connectivity index (χ4n) is 3.42. The predicted molar refractivity (Wildman–Crippen MR) is 136 cm³/mol. The summed E-state index contributed by atoms with van der Waals surface area (Å²) >= 11 is 2.27. The summed E-state index contributed by atoms with van der Waals surface area (Å²) in [5, 5.41) is 13.6. The van der Waals surface area contributed by atoms with E-state index in [2.05, 4.69) is 33.2 Å². The summed E-state index contributed by atoms with van der Waals surface area (Å²) in [6, 6.07) is 18.2. The van der Waals surface area contributed by atoms with E-state index in [1.54, 1.807) is 30.3 Å². The van der Waals surface area contributed by atoms with Crippen LogP contribution in [0.25, 0.3) is 0 Å². The number of carbonyl (C=O) groups is 2. The van der Waals surface area contributed by atoms with E-state index in [1.165, 1.54) is 12.1 Å². The minimum Gasteiger partial charge on any atom is -0.356 e. The lowest BCUT2D eigenvalue weighted by molar-refractivity contribution is 0.102. The molecule has 0 unspecified atom stereocenters. The van der Waals surface area contributed by atoms with Gasteiger partial charge in [0.25, 0.3) is 11.8 Å². The summed E-state index contributed by atoms with van der Waals surface area (Å²) in [6.45, 7) is 1.56. The molecule has 0 spiro atoms. The third-order valence-corrected chi connectivity index (χ3v) is 6.33. The summed E-state index contributed by atoms with van der Waals surface area (Å²) in [5.74, 6) is -1.51. The minimum atomic E-state index is -0.715. The first kappa shape index (κ1) is 22.9. The Bertz CT molecular complexity index is 1210. The zero-order chi connectivity index (χ0) is 23.4. The molecule has 0 radical (unpaired) electrons. The number of amidine groups is 1. The van der Waals surface area contributed by atoms with E-state index < -0.39 is 11.7 Å². The molecule has 8 heteroatoms. The van der Waals surface area contributed by atoms with Crippen molar-refractivity contribution in [3.63, 3.8) is 0 Å². The fourth-order valence-corrected chi connectivity index (χ4v) is 3.93. The van der Waals surface area contributed by atoms with Crippen LogP contribution in [0, 0.1) is 11.2 Å². The van der Waals surface area contributed by atoms with Gasteiger partial charge in [0.05, 0.1) is 16.8 Å². The molecule has 0 saturated carbocycles. The van der Waals surface area contributed by atoms with Crippen LogP contribution in [0.1, 0.15) is 38.3 Å². The Balaban J connectivity index is 1.49. The first-order valence-electron chi connectivity index (χ1n) is 10.5. The molecule has 2 amide bonds. The summed E-state index contributed by atoms with van der Waals surface area (Å²) in [5.41, 5.74) is 2.60.